The van der Waals surface area contributed by atoms with Gasteiger partial charge in [-0.3, -0.25) is 0 Å². The van der Waals surface area contributed by atoms with Gasteiger partial charge in [0.25, 0.3) is 23.3 Å². The third kappa shape index (κ3) is 20.1. The van der Waals surface area contributed by atoms with Crippen molar-refractivity contribution >= 4 is 92.7 Å². The monoisotopic (exact) mass is 1990 g/mol. The number of imidazole rings is 4. The van der Waals surface area contributed by atoms with Crippen LogP contribution in [0.2, 0.25) is 0 Å². The summed E-state index contributed by atoms with van der Waals surface area (Å²) in [5, 5.41) is 0. The Labute approximate surface area is 831 Å². The standard InChI is InChI=1S/C48H56N12.C48H44N8.10ClH.2Mn/c1-9-53-25-26-54(10-2)45(53)41-33-17-19-35(49-33)42(46-55(11-3)27-28-56(46)12-4)37-21-23-39(51-37)44(48-59(15-7)31-32-60(48)16-8)40-24-22-38(52-40)43(36-20-18-34(41)50-36)47-57(13-5)29-30-58(47)14-6;1-5-53-29-13-9-17-41(53)45-33-21-23-35(49-33)46(42-18-10-14-30-54(42)6-2)37-25-27-39(51-37)48(44-20-12-16-32-56(44)8-4)40-28-26-38(52-40)47(36-24-22-34(45)50-36)43-19-11-15-31-55(43)7-3;;;;;;;;;;;;/h17-32H,9-16H2,1-8H3;9-32H,5-8H2,1-4H3;10*1H;;/q2*+2;;;;;;;;;;;2*+2/p-10. The molecule has 0 saturated heterocycles. The van der Waals surface area contributed by atoms with Crippen LogP contribution in [-0.4, -0.2) is 38.2 Å². The van der Waals surface area contributed by atoms with Crippen molar-refractivity contribution in [2.45, 2.75) is 162 Å². The second kappa shape index (κ2) is 47.9. The van der Waals surface area contributed by atoms with Gasteiger partial charge in [-0.1, -0.05) is 48.5 Å². The third-order valence-electron chi connectivity index (χ3n) is 22.9. The van der Waals surface area contributed by atoms with E-state index in [0.29, 0.717) is 0 Å². The van der Waals surface area contributed by atoms with Crippen molar-refractivity contribution in [3.8, 4) is 90.6 Å². The Morgan fingerprint density at radius 2 is 0.375 bits per heavy atom. The van der Waals surface area contributed by atoms with Crippen molar-refractivity contribution in [1.29, 1.82) is 0 Å². The van der Waals surface area contributed by atoms with Crippen LogP contribution in [0.15, 0.2) is 196 Å². The van der Waals surface area contributed by atoms with Gasteiger partial charge >= 0.3 is 34.1 Å². The van der Waals surface area contributed by atoms with Crippen LogP contribution in [0.25, 0.3) is 183 Å². The summed E-state index contributed by atoms with van der Waals surface area (Å²) in [4.78, 5) is 44.3. The molecule has 0 N–H and O–H groups in total. The summed E-state index contributed by atoms with van der Waals surface area (Å²) in [6, 6.07) is 42.5. The van der Waals surface area contributed by atoms with Crippen molar-refractivity contribution in [2.24, 2.45) is 0 Å². The summed E-state index contributed by atoms with van der Waals surface area (Å²) >= 11 is 0. The zero-order valence-corrected chi connectivity index (χ0v) is 83.0. The predicted octanol–water partition coefficient (Wildman–Crippen LogP) is -15.1. The zero-order chi connectivity index (χ0) is 79.8. The van der Waals surface area contributed by atoms with E-state index in [1.807, 2.05) is 0 Å². The summed E-state index contributed by atoms with van der Waals surface area (Å²) in [6.07, 6.45) is 43.1. The van der Waals surface area contributed by atoms with Crippen molar-refractivity contribution < 1.29 is 195 Å². The molecule has 4 aliphatic rings. The van der Waals surface area contributed by atoms with Crippen molar-refractivity contribution in [3.63, 3.8) is 0 Å². The van der Waals surface area contributed by atoms with Crippen molar-refractivity contribution in [1.82, 2.24) is 58.1 Å². The van der Waals surface area contributed by atoms with E-state index >= 15 is 0 Å². The first-order valence-electron chi connectivity index (χ1n) is 41.4. The molecule has 0 fully saturated rings. The third-order valence-corrected chi connectivity index (χ3v) is 22.9. The number of nitrogens with zero attached hydrogens (tertiary/aromatic N) is 20. The Morgan fingerprint density at radius 3 is 0.539 bits per heavy atom. The summed E-state index contributed by atoms with van der Waals surface area (Å²) in [5.74, 6) is 4.29. The largest absolute Gasteiger partial charge is 2.00 e. The number of fused-ring (bicyclic) bond motifs is 16. The van der Waals surface area contributed by atoms with Gasteiger partial charge in [0.1, 0.15) is 75.8 Å². The molecule has 0 unspecified atom stereocenters. The molecule has 0 spiro atoms. The topological polar surface area (TPSA) is 159 Å². The quantitative estimate of drug-likeness (QED) is 0.0539. The molecule has 18 heterocycles. The Kier molecular flexibility index (Phi) is 40.9. The molecule has 128 heavy (non-hydrogen) atoms. The Bertz CT molecular complexity index is 5860. The SMILES string of the molecule is CC[n+]1ccccc1-c1c2nc(c(-c3cccc[n+]3CC)c3ccc([n-]3)c(-c3cccc[n+]3CC)c3nc(c(-c4cccc[n+]4CC)c4ccc1[n-]4)C=C3)C=C2.CCn1cc[n+](CC)c1-c1c2nc(c(-c3n(CC)cc[n+]3CC)c3ccc([n-]3)c(-c3n(CC)cc[n+]3CC)c3nc(c(-c4n(CC)cc[n+]4CC)c4ccc1[n-]4)C=C3)C=C2.[Cl-].[Cl-].[Cl-].[Cl-].[Cl-].[Cl-].[Cl-].[Cl-].[Cl-].[Cl-].[Mn+2].[Mn+2]. The van der Waals surface area contributed by atoms with Crippen LogP contribution in [0.4, 0.5) is 0 Å². The second-order valence-corrected chi connectivity index (χ2v) is 29.0. The number of hydrogen-bond donors (Lipinski definition) is 0. The normalized spacial score (nSPS) is 11.1. The first kappa shape index (κ1) is 109. The second-order valence-electron chi connectivity index (χ2n) is 29.0. The smallest absolute Gasteiger partial charge is 1.00 e. The number of halogens is 10. The molecule has 32 heteroatoms. The number of rotatable bonds is 20. The molecule has 16 bridgehead atoms. The van der Waals surface area contributed by atoms with Gasteiger partial charge in [-0.05, 0) is 156 Å². The molecule has 0 saturated carbocycles. The average molecular weight is 2000 g/mol. The van der Waals surface area contributed by atoms with Crippen LogP contribution in [0.5, 0.6) is 0 Å². The van der Waals surface area contributed by atoms with Gasteiger partial charge in [0.2, 0.25) is 22.8 Å². The number of hydrogen-bond acceptors (Lipinski definition) is 4. The molecule has 14 aromatic heterocycles. The van der Waals surface area contributed by atoms with E-state index in [1.165, 1.54) is 0 Å². The van der Waals surface area contributed by atoms with Gasteiger partial charge in [0, 0.05) is 48.5 Å². The first-order chi connectivity index (χ1) is 57.0. The Morgan fingerprint density at radius 1 is 0.211 bits per heavy atom. The molecule has 4 aliphatic heterocycles. The number of pyridine rings is 4. The van der Waals surface area contributed by atoms with E-state index in [4.69, 9.17) is 39.9 Å². The minimum absolute atomic E-state index is 0. The molecular formula is C96H100Cl10Mn2N20-2. The fourth-order valence-electron chi connectivity index (χ4n) is 17.1. The number of aromatic nitrogens is 20. The molecular weight excluding hydrogens is 1900 g/mol. The van der Waals surface area contributed by atoms with Gasteiger partial charge in [0.05, 0.1) is 142 Å². The minimum Gasteiger partial charge on any atom is -1.00 e. The van der Waals surface area contributed by atoms with E-state index in [2.05, 4.69) is 382 Å². The molecule has 2 radical (unpaired) electrons. The van der Waals surface area contributed by atoms with Crippen LogP contribution in [0, 0.1) is 0 Å². The summed E-state index contributed by atoms with van der Waals surface area (Å²) < 4.78 is 27.5. The maximum Gasteiger partial charge on any atom is 2.00 e. The maximum absolute atomic E-state index is 5.59. The fourth-order valence-corrected chi connectivity index (χ4v) is 17.1. The van der Waals surface area contributed by atoms with Crippen LogP contribution in [0.3, 0.4) is 0 Å². The van der Waals surface area contributed by atoms with Crippen molar-refractivity contribution in [3.05, 3.63) is 241 Å². The summed E-state index contributed by atoms with van der Waals surface area (Å²) in [5.41, 5.74) is 25.8. The fraction of sp³-hybridized carbons (Fsp3) is 0.250. The minimum atomic E-state index is 0. The molecule has 18 rings (SSSR count). The van der Waals surface area contributed by atoms with E-state index in [9.17, 15) is 0 Å². The van der Waals surface area contributed by atoms with E-state index in [0.717, 1.165) is 259 Å². The van der Waals surface area contributed by atoms with E-state index in [1.54, 1.807) is 0 Å². The Balaban J connectivity index is 0.000000416. The van der Waals surface area contributed by atoms with E-state index < -0.39 is 0 Å². The molecule has 0 aromatic carbocycles. The van der Waals surface area contributed by atoms with Gasteiger partial charge in [-0.25, -0.2) is 56.5 Å². The molecule has 14 aromatic rings. The van der Waals surface area contributed by atoms with Gasteiger partial charge in [0.15, 0.2) is 24.8 Å². The molecule has 0 atom stereocenters. The van der Waals surface area contributed by atoms with Crippen LogP contribution in [-0.2, 0) is 113 Å². The predicted molar refractivity (Wildman–Crippen MR) is 459 cm³/mol. The first-order valence-corrected chi connectivity index (χ1v) is 41.4. The summed E-state index contributed by atoms with van der Waals surface area (Å²) in [6.45, 7) is 35.9. The van der Waals surface area contributed by atoms with Gasteiger partial charge in [-0.2, -0.15) is 18.3 Å². The zero-order valence-electron chi connectivity index (χ0n) is 73.1. The van der Waals surface area contributed by atoms with Crippen LogP contribution < -0.4 is 181 Å². The van der Waals surface area contributed by atoms with Crippen LogP contribution >= 0.6 is 0 Å². The van der Waals surface area contributed by atoms with Crippen LogP contribution in [0.1, 0.15) is 129 Å². The maximum atomic E-state index is 5.59. The number of aryl methyl sites for hydroxylation is 12. The van der Waals surface area contributed by atoms with E-state index in [-0.39, 0.29) is 158 Å². The molecule has 0 aliphatic carbocycles. The van der Waals surface area contributed by atoms with Gasteiger partial charge < -0.3 is 144 Å². The van der Waals surface area contributed by atoms with Gasteiger partial charge in [-0.15, -0.1) is 44.1 Å². The molecule has 0 amide bonds. The molecule has 670 valence electrons. The van der Waals surface area contributed by atoms with Crippen molar-refractivity contribution in [2.75, 3.05) is 0 Å². The summed E-state index contributed by atoms with van der Waals surface area (Å²) in [7, 11) is 0. The Hall–Kier alpha value is -9.42. The molecule has 20 nitrogen and oxygen atoms in total. The average Bonchev–Trinajstić information content (AvgIpc) is 1.58.